The van der Waals surface area contributed by atoms with E-state index < -0.39 is 5.97 Å². The number of rotatable bonds is 6. The van der Waals surface area contributed by atoms with Crippen molar-refractivity contribution >= 4 is 17.6 Å². The molecule has 0 radical (unpaired) electrons. The zero-order valence-electron chi connectivity index (χ0n) is 11.2. The number of hydrogen-bond donors (Lipinski definition) is 2. The summed E-state index contributed by atoms with van der Waals surface area (Å²) in [7, 11) is 0. The Morgan fingerprint density at radius 3 is 2.80 bits per heavy atom. The third-order valence-electron chi connectivity index (χ3n) is 3.50. The van der Waals surface area contributed by atoms with Gasteiger partial charge in [-0.05, 0) is 42.9 Å². The molecule has 0 bridgehead atoms. The van der Waals surface area contributed by atoms with Gasteiger partial charge in [0.25, 0.3) is 0 Å². The summed E-state index contributed by atoms with van der Waals surface area (Å²) in [6.07, 6.45) is 4.03. The van der Waals surface area contributed by atoms with Crippen LogP contribution in [-0.2, 0) is 22.4 Å². The number of carbonyl (C=O) groups is 2. The molecular weight excluding hydrogens is 261 g/mol. The highest BCUT2D eigenvalue weighted by atomic mass is 19.1. The number of hydrogen-bond acceptors (Lipinski definition) is 2. The van der Waals surface area contributed by atoms with Crippen LogP contribution in [0.4, 0.5) is 10.1 Å². The number of anilines is 1. The number of nitrogens with one attached hydrogen (secondary N) is 1. The highest BCUT2D eigenvalue weighted by Gasteiger charge is 2.17. The molecular formula is C15H18FNO3. The number of aryl methyl sites for hydroxylation is 2. The molecule has 2 rings (SSSR count). The van der Waals surface area contributed by atoms with Crippen LogP contribution in [0.1, 0.15) is 43.2 Å². The number of aliphatic carboxylic acids is 1. The highest BCUT2D eigenvalue weighted by Crippen LogP contribution is 2.26. The van der Waals surface area contributed by atoms with E-state index in [-0.39, 0.29) is 18.1 Å². The number of carbonyl (C=O) groups excluding carboxylic acids is 1. The van der Waals surface area contributed by atoms with Crippen LogP contribution in [0.5, 0.6) is 0 Å². The van der Waals surface area contributed by atoms with Gasteiger partial charge in [-0.25, -0.2) is 4.39 Å². The lowest BCUT2D eigenvalue weighted by atomic mass is 9.97. The normalized spacial score (nSPS) is 13.8. The Bertz CT molecular complexity index is 528. The Labute approximate surface area is 117 Å². The smallest absolute Gasteiger partial charge is 0.303 e. The van der Waals surface area contributed by atoms with Crippen molar-refractivity contribution in [1.29, 1.82) is 0 Å². The summed E-state index contributed by atoms with van der Waals surface area (Å²) in [6.45, 7) is 0. The second-order valence-corrected chi connectivity index (χ2v) is 5.10. The van der Waals surface area contributed by atoms with Crippen molar-refractivity contribution < 1.29 is 19.1 Å². The Kier molecular flexibility index (Phi) is 4.71. The molecule has 0 aliphatic carbocycles. The molecule has 0 aromatic heterocycles. The zero-order valence-corrected chi connectivity index (χ0v) is 11.2. The summed E-state index contributed by atoms with van der Waals surface area (Å²) < 4.78 is 13.9. The Morgan fingerprint density at radius 1 is 1.25 bits per heavy atom. The first-order valence-electron chi connectivity index (χ1n) is 6.89. The van der Waals surface area contributed by atoms with E-state index in [9.17, 15) is 14.0 Å². The molecule has 4 nitrogen and oxygen atoms in total. The summed E-state index contributed by atoms with van der Waals surface area (Å²) in [5.74, 6) is -1.16. The van der Waals surface area contributed by atoms with Crippen molar-refractivity contribution in [1.82, 2.24) is 0 Å². The maximum Gasteiger partial charge on any atom is 0.303 e. The van der Waals surface area contributed by atoms with Gasteiger partial charge in [-0.1, -0.05) is 12.5 Å². The van der Waals surface area contributed by atoms with Crippen LogP contribution in [0.2, 0.25) is 0 Å². The summed E-state index contributed by atoms with van der Waals surface area (Å²) in [6, 6.07) is 3.21. The molecule has 1 aromatic rings. The van der Waals surface area contributed by atoms with E-state index in [1.165, 1.54) is 6.07 Å². The summed E-state index contributed by atoms with van der Waals surface area (Å²) in [5.41, 5.74) is 2.20. The Balaban J connectivity index is 1.92. The van der Waals surface area contributed by atoms with Crippen LogP contribution < -0.4 is 5.32 Å². The molecule has 0 unspecified atom stereocenters. The van der Waals surface area contributed by atoms with E-state index in [0.717, 1.165) is 18.4 Å². The fourth-order valence-electron chi connectivity index (χ4n) is 2.41. The molecule has 1 aliphatic rings. The molecule has 1 amide bonds. The van der Waals surface area contributed by atoms with Gasteiger partial charge in [-0.15, -0.1) is 0 Å². The van der Waals surface area contributed by atoms with E-state index in [1.807, 2.05) is 6.07 Å². The van der Waals surface area contributed by atoms with Crippen LogP contribution in [0.15, 0.2) is 12.1 Å². The third kappa shape index (κ3) is 3.79. The number of fused-ring (bicyclic) bond motifs is 1. The number of carboxylic acid groups (broad SMARTS) is 1. The lowest BCUT2D eigenvalue weighted by Crippen LogP contribution is -2.19. The lowest BCUT2D eigenvalue weighted by Gasteiger charge is -2.18. The SMILES string of the molecule is O=C(O)CCCCCc1cc2c(cc1F)NC(=O)CC2. The first kappa shape index (κ1) is 14.5. The van der Waals surface area contributed by atoms with E-state index in [4.69, 9.17) is 5.11 Å². The molecule has 108 valence electrons. The lowest BCUT2D eigenvalue weighted by molar-refractivity contribution is -0.137. The number of amides is 1. The van der Waals surface area contributed by atoms with Crippen LogP contribution in [0, 0.1) is 5.82 Å². The van der Waals surface area contributed by atoms with Gasteiger partial charge in [0.1, 0.15) is 5.82 Å². The van der Waals surface area contributed by atoms with Gasteiger partial charge in [0, 0.05) is 18.5 Å². The maximum absolute atomic E-state index is 13.9. The van der Waals surface area contributed by atoms with E-state index in [0.29, 0.717) is 36.9 Å². The standard InChI is InChI=1S/C15H18FNO3/c16-12-9-13-11(6-7-14(18)17-13)8-10(12)4-2-1-3-5-15(19)20/h8-9H,1-7H2,(H,17,18)(H,19,20). The molecule has 5 heteroatoms. The minimum atomic E-state index is -0.791. The van der Waals surface area contributed by atoms with Crippen molar-refractivity contribution in [3.63, 3.8) is 0 Å². The molecule has 20 heavy (non-hydrogen) atoms. The van der Waals surface area contributed by atoms with Crippen molar-refractivity contribution in [3.8, 4) is 0 Å². The average molecular weight is 279 g/mol. The van der Waals surface area contributed by atoms with Gasteiger partial charge in [0.05, 0.1) is 0 Å². The Hall–Kier alpha value is -1.91. The summed E-state index contributed by atoms with van der Waals surface area (Å²) >= 11 is 0. The van der Waals surface area contributed by atoms with Gasteiger partial charge >= 0.3 is 5.97 Å². The van der Waals surface area contributed by atoms with Gasteiger partial charge < -0.3 is 10.4 Å². The molecule has 1 heterocycles. The fourth-order valence-corrected chi connectivity index (χ4v) is 2.41. The molecule has 0 fully saturated rings. The van der Waals surface area contributed by atoms with Crippen molar-refractivity contribution in [2.75, 3.05) is 5.32 Å². The molecule has 0 atom stereocenters. The molecule has 1 aromatic carbocycles. The molecule has 0 saturated heterocycles. The van der Waals surface area contributed by atoms with Crippen molar-refractivity contribution in [2.24, 2.45) is 0 Å². The van der Waals surface area contributed by atoms with Crippen molar-refractivity contribution in [2.45, 2.75) is 44.9 Å². The monoisotopic (exact) mass is 279 g/mol. The van der Waals surface area contributed by atoms with Gasteiger partial charge in [-0.3, -0.25) is 9.59 Å². The minimum absolute atomic E-state index is 0.0710. The molecule has 1 aliphatic heterocycles. The van der Waals surface area contributed by atoms with Crippen LogP contribution in [0.25, 0.3) is 0 Å². The van der Waals surface area contributed by atoms with Gasteiger partial charge in [0.15, 0.2) is 0 Å². The van der Waals surface area contributed by atoms with Crippen molar-refractivity contribution in [3.05, 3.63) is 29.1 Å². The Morgan fingerprint density at radius 2 is 2.05 bits per heavy atom. The summed E-state index contributed by atoms with van der Waals surface area (Å²) in [5, 5.41) is 11.2. The minimum Gasteiger partial charge on any atom is -0.481 e. The molecule has 2 N–H and O–H groups in total. The zero-order chi connectivity index (χ0) is 14.5. The third-order valence-corrected chi connectivity index (χ3v) is 3.50. The predicted molar refractivity (Wildman–Crippen MR) is 73.2 cm³/mol. The first-order valence-corrected chi connectivity index (χ1v) is 6.89. The number of carboxylic acids is 1. The maximum atomic E-state index is 13.9. The second kappa shape index (κ2) is 6.50. The number of unbranched alkanes of at least 4 members (excludes halogenated alkanes) is 2. The average Bonchev–Trinajstić information content (AvgIpc) is 2.38. The van der Waals surface area contributed by atoms with E-state index >= 15 is 0 Å². The van der Waals surface area contributed by atoms with Crippen LogP contribution in [-0.4, -0.2) is 17.0 Å². The topological polar surface area (TPSA) is 66.4 Å². The molecule has 0 spiro atoms. The fraction of sp³-hybridized carbons (Fsp3) is 0.467. The summed E-state index contributed by atoms with van der Waals surface area (Å²) in [4.78, 5) is 21.6. The quantitative estimate of drug-likeness (QED) is 0.787. The largest absolute Gasteiger partial charge is 0.481 e. The first-order chi connectivity index (χ1) is 9.56. The predicted octanol–water partition coefficient (Wildman–Crippen LogP) is 2.90. The molecule has 0 saturated carbocycles. The number of benzene rings is 1. The number of halogens is 1. The van der Waals surface area contributed by atoms with Crippen LogP contribution in [0.3, 0.4) is 0 Å². The second-order valence-electron chi connectivity index (χ2n) is 5.10. The van der Waals surface area contributed by atoms with E-state index in [1.54, 1.807) is 0 Å². The highest BCUT2D eigenvalue weighted by molar-refractivity contribution is 5.93. The van der Waals surface area contributed by atoms with Gasteiger partial charge in [-0.2, -0.15) is 0 Å². The van der Waals surface area contributed by atoms with Gasteiger partial charge in [0.2, 0.25) is 5.91 Å². The van der Waals surface area contributed by atoms with E-state index in [2.05, 4.69) is 5.32 Å². The van der Waals surface area contributed by atoms with Crippen LogP contribution >= 0.6 is 0 Å².